The van der Waals surface area contributed by atoms with E-state index in [1.165, 1.54) is 18.2 Å². The van der Waals surface area contributed by atoms with Gasteiger partial charge in [-0.25, -0.2) is 4.39 Å². The van der Waals surface area contributed by atoms with Crippen molar-refractivity contribution in [3.8, 4) is 0 Å². The second-order valence-corrected chi connectivity index (χ2v) is 7.32. The number of hydrogen-bond donors (Lipinski definition) is 1. The monoisotopic (exact) mass is 391 g/mol. The van der Waals surface area contributed by atoms with Gasteiger partial charge in [-0.05, 0) is 42.0 Å². The normalized spacial score (nSPS) is 11.9. The fraction of sp³-hybridized carbons (Fsp3) is 0.105. The topological polar surface area (TPSA) is 59.3 Å². The van der Waals surface area contributed by atoms with Crippen molar-refractivity contribution in [2.24, 2.45) is 0 Å². The van der Waals surface area contributed by atoms with Crippen molar-refractivity contribution in [3.05, 3.63) is 88.6 Å². The summed E-state index contributed by atoms with van der Waals surface area (Å²) in [5, 5.41) is 3.12. The van der Waals surface area contributed by atoms with Crippen LogP contribution in [0.2, 0.25) is 5.02 Å². The third-order valence-corrected chi connectivity index (χ3v) is 5.44. The van der Waals surface area contributed by atoms with E-state index in [2.05, 4.69) is 5.32 Å². The second kappa shape index (κ2) is 8.29. The predicted octanol–water partition coefficient (Wildman–Crippen LogP) is 4.31. The van der Waals surface area contributed by atoms with Gasteiger partial charge in [-0.1, -0.05) is 35.9 Å². The van der Waals surface area contributed by atoms with E-state index in [9.17, 15) is 13.4 Å². The molecule has 0 fully saturated rings. The maximum Gasteiger partial charge on any atom is 0.287 e. The second-order valence-electron chi connectivity index (χ2n) is 5.50. The van der Waals surface area contributed by atoms with E-state index >= 15 is 0 Å². The minimum atomic E-state index is -1.37. The van der Waals surface area contributed by atoms with Crippen LogP contribution in [0.1, 0.15) is 21.9 Å². The molecule has 3 aromatic rings. The van der Waals surface area contributed by atoms with E-state index in [4.69, 9.17) is 16.0 Å². The third-order valence-electron chi connectivity index (χ3n) is 3.61. The number of benzene rings is 2. The van der Waals surface area contributed by atoms with Crippen molar-refractivity contribution >= 4 is 28.3 Å². The van der Waals surface area contributed by atoms with Gasteiger partial charge in [0.05, 0.1) is 26.5 Å². The summed E-state index contributed by atoms with van der Waals surface area (Å²) in [5.74, 6) is -0.0607. The number of hydrogen-bond acceptors (Lipinski definition) is 3. The van der Waals surface area contributed by atoms with Gasteiger partial charge in [0.2, 0.25) is 0 Å². The first-order valence-corrected chi connectivity index (χ1v) is 9.47. The van der Waals surface area contributed by atoms with Crippen molar-refractivity contribution in [1.29, 1.82) is 0 Å². The van der Waals surface area contributed by atoms with E-state index in [-0.39, 0.29) is 23.9 Å². The highest BCUT2D eigenvalue weighted by atomic mass is 35.5. The minimum absolute atomic E-state index is 0.120. The molecule has 1 amide bonds. The Morgan fingerprint density at radius 2 is 1.81 bits per heavy atom. The molecule has 0 saturated carbocycles. The Morgan fingerprint density at radius 3 is 2.54 bits per heavy atom. The van der Waals surface area contributed by atoms with Gasteiger partial charge in [-0.15, -0.1) is 0 Å². The number of rotatable bonds is 6. The van der Waals surface area contributed by atoms with Crippen LogP contribution in [0.15, 0.2) is 70.0 Å². The van der Waals surface area contributed by atoms with Crippen LogP contribution in [0, 0.1) is 5.82 Å². The summed E-state index contributed by atoms with van der Waals surface area (Å²) in [4.78, 5) is 12.7. The lowest BCUT2D eigenvalue weighted by Gasteiger charge is -2.04. The Labute approximate surface area is 157 Å². The molecular formula is C19H15ClFNO3S. The van der Waals surface area contributed by atoms with Crippen LogP contribution < -0.4 is 5.32 Å². The van der Waals surface area contributed by atoms with Crippen LogP contribution in [0.25, 0.3) is 0 Å². The molecule has 134 valence electrons. The molecule has 0 bridgehead atoms. The van der Waals surface area contributed by atoms with E-state index in [1.54, 1.807) is 42.5 Å². The van der Waals surface area contributed by atoms with Crippen LogP contribution in [-0.4, -0.2) is 10.1 Å². The van der Waals surface area contributed by atoms with Crippen molar-refractivity contribution in [1.82, 2.24) is 5.32 Å². The zero-order chi connectivity index (χ0) is 18.5. The van der Waals surface area contributed by atoms with Crippen molar-refractivity contribution < 1.29 is 17.8 Å². The molecule has 7 heteroatoms. The molecule has 3 rings (SSSR count). The quantitative estimate of drug-likeness (QED) is 0.681. The fourth-order valence-corrected chi connectivity index (χ4v) is 3.76. The summed E-state index contributed by atoms with van der Waals surface area (Å²) in [6, 6.07) is 15.9. The molecule has 1 N–H and O–H groups in total. The summed E-state index contributed by atoms with van der Waals surface area (Å²) in [6.07, 6.45) is 0. The van der Waals surface area contributed by atoms with E-state index < -0.39 is 16.7 Å². The molecular weight excluding hydrogens is 377 g/mol. The Hall–Kier alpha value is -2.44. The Bertz CT molecular complexity index is 940. The van der Waals surface area contributed by atoms with Gasteiger partial charge in [0.15, 0.2) is 5.76 Å². The SMILES string of the molecule is O=C(NCc1ccc(F)cc1)c1ccc(C[S@@](=O)c2ccccc2Cl)o1. The molecule has 0 aliphatic heterocycles. The van der Waals surface area contributed by atoms with E-state index in [1.807, 2.05) is 0 Å². The summed E-state index contributed by atoms with van der Waals surface area (Å²) in [6.45, 7) is 0.251. The smallest absolute Gasteiger partial charge is 0.287 e. The molecule has 1 atom stereocenters. The highest BCUT2D eigenvalue weighted by Crippen LogP contribution is 2.22. The van der Waals surface area contributed by atoms with Gasteiger partial charge in [0.1, 0.15) is 11.6 Å². The summed E-state index contributed by atoms with van der Waals surface area (Å²) in [5.41, 5.74) is 0.770. The molecule has 4 nitrogen and oxygen atoms in total. The fourth-order valence-electron chi connectivity index (χ4n) is 2.29. The largest absolute Gasteiger partial charge is 0.455 e. The summed E-state index contributed by atoms with van der Waals surface area (Å²) >= 11 is 6.04. The van der Waals surface area contributed by atoms with Gasteiger partial charge >= 0.3 is 0 Å². The number of furan rings is 1. The van der Waals surface area contributed by atoms with Gasteiger partial charge in [-0.3, -0.25) is 9.00 Å². The molecule has 1 aromatic heterocycles. The first-order valence-electron chi connectivity index (χ1n) is 7.77. The Morgan fingerprint density at radius 1 is 1.08 bits per heavy atom. The molecule has 0 aliphatic carbocycles. The lowest BCUT2D eigenvalue weighted by Crippen LogP contribution is -2.22. The van der Waals surface area contributed by atoms with Crippen LogP contribution in [0.5, 0.6) is 0 Å². The van der Waals surface area contributed by atoms with Crippen molar-refractivity contribution in [2.45, 2.75) is 17.2 Å². The lowest BCUT2D eigenvalue weighted by atomic mass is 10.2. The predicted molar refractivity (Wildman–Crippen MR) is 97.8 cm³/mol. The van der Waals surface area contributed by atoms with Gasteiger partial charge in [0.25, 0.3) is 5.91 Å². The summed E-state index contributed by atoms with van der Waals surface area (Å²) < 4.78 is 30.7. The maximum atomic E-state index is 12.9. The highest BCUT2D eigenvalue weighted by molar-refractivity contribution is 7.84. The number of nitrogens with one attached hydrogen (secondary N) is 1. The number of amides is 1. The third kappa shape index (κ3) is 4.59. The number of carbonyl (C=O) groups excluding carboxylic acids is 1. The van der Waals surface area contributed by atoms with Crippen LogP contribution in [0.3, 0.4) is 0 Å². The molecule has 0 aliphatic rings. The van der Waals surface area contributed by atoms with Crippen molar-refractivity contribution in [2.75, 3.05) is 0 Å². The summed E-state index contributed by atoms with van der Waals surface area (Å²) in [7, 11) is -1.37. The van der Waals surface area contributed by atoms with Crippen LogP contribution >= 0.6 is 11.6 Å². The number of carbonyl (C=O) groups is 1. The van der Waals surface area contributed by atoms with Gasteiger partial charge < -0.3 is 9.73 Å². The zero-order valence-corrected chi connectivity index (χ0v) is 15.1. The van der Waals surface area contributed by atoms with Gasteiger partial charge in [0, 0.05) is 6.54 Å². The molecule has 2 aromatic carbocycles. The van der Waals surface area contributed by atoms with Crippen molar-refractivity contribution in [3.63, 3.8) is 0 Å². The van der Waals surface area contributed by atoms with Gasteiger partial charge in [-0.2, -0.15) is 0 Å². The molecule has 26 heavy (non-hydrogen) atoms. The van der Waals surface area contributed by atoms with Crippen LogP contribution in [-0.2, 0) is 23.1 Å². The highest BCUT2D eigenvalue weighted by Gasteiger charge is 2.15. The minimum Gasteiger partial charge on any atom is -0.455 e. The van der Waals surface area contributed by atoms with E-state index in [0.717, 1.165) is 5.56 Å². The maximum absolute atomic E-state index is 12.9. The first kappa shape index (κ1) is 18.4. The van der Waals surface area contributed by atoms with Crippen LogP contribution in [0.4, 0.5) is 4.39 Å². The molecule has 0 saturated heterocycles. The first-order chi connectivity index (χ1) is 12.5. The number of halogens is 2. The average Bonchev–Trinajstić information content (AvgIpc) is 3.10. The Balaban J connectivity index is 1.60. The average molecular weight is 392 g/mol. The molecule has 0 unspecified atom stereocenters. The Kier molecular flexibility index (Phi) is 5.85. The lowest BCUT2D eigenvalue weighted by molar-refractivity contribution is 0.0921. The standard InChI is InChI=1S/C19H15ClFNO3S/c20-16-3-1-2-4-18(16)26(24)12-15-9-10-17(25-15)19(23)22-11-13-5-7-14(21)8-6-13/h1-10H,11-12H2,(H,22,23)/t26-/m1/s1. The molecule has 0 radical (unpaired) electrons. The molecule has 1 heterocycles. The van der Waals surface area contributed by atoms with E-state index in [0.29, 0.717) is 15.7 Å². The molecule has 0 spiro atoms. The zero-order valence-electron chi connectivity index (χ0n) is 13.6.